The number of ether oxygens (including phenoxy) is 1. The average Bonchev–Trinajstić information content (AvgIpc) is 2.99. The Morgan fingerprint density at radius 3 is 2.52 bits per heavy atom. The number of hydrogen-bond acceptors (Lipinski definition) is 3. The number of rotatable bonds is 3. The minimum Gasteiger partial charge on any atom is -0.381 e. The van der Waals surface area contributed by atoms with Crippen molar-refractivity contribution in [3.63, 3.8) is 0 Å². The molecule has 2 saturated carbocycles. The molecule has 1 heterocycles. The summed E-state index contributed by atoms with van der Waals surface area (Å²) in [5.74, 6) is 0.479. The SMILES string of the molecule is COC1CCC(N2CC(=O)NC(C3CCCCC3)C2=O)C1. The van der Waals surface area contributed by atoms with Crippen LogP contribution >= 0.6 is 0 Å². The number of carbonyl (C=O) groups excluding carboxylic acids is 2. The minimum atomic E-state index is -0.284. The molecule has 21 heavy (non-hydrogen) atoms. The summed E-state index contributed by atoms with van der Waals surface area (Å²) in [7, 11) is 1.72. The van der Waals surface area contributed by atoms with Crippen LogP contribution in [0.5, 0.6) is 0 Å². The Labute approximate surface area is 126 Å². The molecule has 1 N–H and O–H groups in total. The summed E-state index contributed by atoms with van der Waals surface area (Å²) in [4.78, 5) is 26.7. The van der Waals surface area contributed by atoms with Gasteiger partial charge in [0.05, 0.1) is 12.6 Å². The largest absolute Gasteiger partial charge is 0.381 e. The van der Waals surface area contributed by atoms with E-state index in [0.717, 1.165) is 32.1 Å². The van der Waals surface area contributed by atoms with E-state index in [4.69, 9.17) is 4.74 Å². The van der Waals surface area contributed by atoms with Gasteiger partial charge in [-0.3, -0.25) is 9.59 Å². The normalized spacial score (nSPS) is 35.1. The van der Waals surface area contributed by atoms with Crippen LogP contribution in [-0.2, 0) is 14.3 Å². The monoisotopic (exact) mass is 294 g/mol. The summed E-state index contributed by atoms with van der Waals surface area (Å²) < 4.78 is 5.40. The van der Waals surface area contributed by atoms with Crippen molar-refractivity contribution in [1.29, 1.82) is 0 Å². The second-order valence-corrected chi connectivity index (χ2v) is 6.73. The van der Waals surface area contributed by atoms with Crippen LogP contribution in [0.2, 0.25) is 0 Å². The topological polar surface area (TPSA) is 58.6 Å². The number of nitrogens with zero attached hydrogens (tertiary/aromatic N) is 1. The molecule has 5 heteroatoms. The fourth-order valence-electron chi connectivity index (χ4n) is 4.20. The van der Waals surface area contributed by atoms with E-state index in [1.54, 1.807) is 7.11 Å². The number of methoxy groups -OCH3 is 1. The van der Waals surface area contributed by atoms with E-state index in [9.17, 15) is 9.59 Å². The lowest BCUT2D eigenvalue weighted by atomic mass is 9.82. The van der Waals surface area contributed by atoms with Gasteiger partial charge in [-0.25, -0.2) is 0 Å². The van der Waals surface area contributed by atoms with Crippen molar-refractivity contribution < 1.29 is 14.3 Å². The molecule has 3 unspecified atom stereocenters. The van der Waals surface area contributed by atoms with E-state index in [2.05, 4.69) is 5.32 Å². The quantitative estimate of drug-likeness (QED) is 0.857. The lowest BCUT2D eigenvalue weighted by molar-refractivity contribution is -0.148. The van der Waals surface area contributed by atoms with E-state index in [1.807, 2.05) is 4.90 Å². The zero-order valence-electron chi connectivity index (χ0n) is 12.8. The molecule has 0 aromatic heterocycles. The highest BCUT2D eigenvalue weighted by Gasteiger charge is 2.42. The van der Waals surface area contributed by atoms with E-state index in [0.29, 0.717) is 5.92 Å². The molecule has 0 radical (unpaired) electrons. The van der Waals surface area contributed by atoms with Crippen LogP contribution in [-0.4, -0.2) is 48.6 Å². The average molecular weight is 294 g/mol. The van der Waals surface area contributed by atoms with Crippen molar-refractivity contribution in [3.8, 4) is 0 Å². The predicted octanol–water partition coefficient (Wildman–Crippen LogP) is 1.46. The second kappa shape index (κ2) is 6.34. The van der Waals surface area contributed by atoms with Gasteiger partial charge in [0, 0.05) is 13.2 Å². The van der Waals surface area contributed by atoms with Gasteiger partial charge in [0.1, 0.15) is 6.04 Å². The standard InChI is InChI=1S/C16H26N2O3/c1-21-13-8-7-12(9-13)18-10-14(19)17-15(16(18)20)11-5-3-2-4-6-11/h11-13,15H,2-10H2,1H3,(H,17,19). The molecule has 2 aliphatic carbocycles. The summed E-state index contributed by atoms with van der Waals surface area (Å²) in [6, 6.07) is -0.104. The van der Waals surface area contributed by atoms with Gasteiger partial charge in [0.15, 0.2) is 0 Å². The fraction of sp³-hybridized carbons (Fsp3) is 0.875. The Balaban J connectivity index is 1.69. The van der Waals surface area contributed by atoms with E-state index >= 15 is 0 Å². The van der Waals surface area contributed by atoms with Crippen LogP contribution in [0.1, 0.15) is 51.4 Å². The molecule has 3 aliphatic rings. The summed E-state index contributed by atoms with van der Waals surface area (Å²) >= 11 is 0. The Bertz CT molecular complexity index is 406. The molecule has 3 rings (SSSR count). The van der Waals surface area contributed by atoms with Crippen molar-refractivity contribution in [2.75, 3.05) is 13.7 Å². The van der Waals surface area contributed by atoms with Crippen LogP contribution in [0.4, 0.5) is 0 Å². The maximum absolute atomic E-state index is 12.8. The summed E-state index contributed by atoms with van der Waals surface area (Å²) in [6.45, 7) is 0.225. The second-order valence-electron chi connectivity index (χ2n) is 6.73. The van der Waals surface area contributed by atoms with Crippen molar-refractivity contribution in [1.82, 2.24) is 10.2 Å². The Hall–Kier alpha value is -1.10. The zero-order valence-corrected chi connectivity index (χ0v) is 12.8. The van der Waals surface area contributed by atoms with Gasteiger partial charge in [0.2, 0.25) is 11.8 Å². The van der Waals surface area contributed by atoms with E-state index in [1.165, 1.54) is 19.3 Å². The molecule has 1 saturated heterocycles. The lowest BCUT2D eigenvalue weighted by Crippen LogP contribution is -2.62. The lowest BCUT2D eigenvalue weighted by Gasteiger charge is -2.40. The summed E-state index contributed by atoms with van der Waals surface area (Å²) in [6.07, 6.45) is 8.79. The summed E-state index contributed by atoms with van der Waals surface area (Å²) in [5.41, 5.74) is 0. The molecule has 3 fully saturated rings. The maximum atomic E-state index is 12.8. The first kappa shape index (κ1) is 14.8. The van der Waals surface area contributed by atoms with Crippen LogP contribution < -0.4 is 5.32 Å². The van der Waals surface area contributed by atoms with Crippen molar-refractivity contribution in [2.24, 2.45) is 5.92 Å². The first-order valence-corrected chi connectivity index (χ1v) is 8.31. The van der Waals surface area contributed by atoms with Crippen molar-refractivity contribution >= 4 is 11.8 Å². The van der Waals surface area contributed by atoms with Gasteiger partial charge in [-0.05, 0) is 38.0 Å². The fourth-order valence-corrected chi connectivity index (χ4v) is 4.20. The number of hydrogen-bond donors (Lipinski definition) is 1. The predicted molar refractivity (Wildman–Crippen MR) is 78.7 cm³/mol. The van der Waals surface area contributed by atoms with E-state index in [-0.39, 0.29) is 36.5 Å². The van der Waals surface area contributed by atoms with Crippen LogP contribution in [0.25, 0.3) is 0 Å². The number of amides is 2. The molecule has 3 atom stereocenters. The smallest absolute Gasteiger partial charge is 0.246 e. The molecular weight excluding hydrogens is 268 g/mol. The minimum absolute atomic E-state index is 0.00559. The van der Waals surface area contributed by atoms with E-state index < -0.39 is 0 Å². The highest BCUT2D eigenvalue weighted by atomic mass is 16.5. The van der Waals surface area contributed by atoms with Crippen LogP contribution in [0.3, 0.4) is 0 Å². The molecule has 0 spiro atoms. The Kier molecular flexibility index (Phi) is 4.48. The number of nitrogens with one attached hydrogen (secondary N) is 1. The Morgan fingerprint density at radius 2 is 1.86 bits per heavy atom. The van der Waals surface area contributed by atoms with Gasteiger partial charge < -0.3 is 15.0 Å². The van der Waals surface area contributed by atoms with Gasteiger partial charge in [-0.15, -0.1) is 0 Å². The van der Waals surface area contributed by atoms with Crippen LogP contribution in [0.15, 0.2) is 0 Å². The molecular formula is C16H26N2O3. The van der Waals surface area contributed by atoms with Crippen molar-refractivity contribution in [2.45, 2.75) is 69.6 Å². The molecule has 2 amide bonds. The van der Waals surface area contributed by atoms with Gasteiger partial charge in [-0.2, -0.15) is 0 Å². The van der Waals surface area contributed by atoms with Crippen LogP contribution in [0, 0.1) is 5.92 Å². The highest BCUT2D eigenvalue weighted by molar-refractivity contribution is 5.95. The van der Waals surface area contributed by atoms with Gasteiger partial charge in [0.25, 0.3) is 0 Å². The maximum Gasteiger partial charge on any atom is 0.246 e. The third-order valence-electron chi connectivity index (χ3n) is 5.43. The number of carbonyl (C=O) groups is 2. The van der Waals surface area contributed by atoms with Gasteiger partial charge >= 0.3 is 0 Å². The molecule has 5 nitrogen and oxygen atoms in total. The molecule has 1 aliphatic heterocycles. The molecule has 0 bridgehead atoms. The molecule has 118 valence electrons. The zero-order chi connectivity index (χ0) is 14.8. The van der Waals surface area contributed by atoms with Crippen molar-refractivity contribution in [3.05, 3.63) is 0 Å². The summed E-state index contributed by atoms with van der Waals surface area (Å²) in [5, 5.41) is 2.95. The molecule has 0 aromatic carbocycles. The Morgan fingerprint density at radius 1 is 1.10 bits per heavy atom. The molecule has 0 aromatic rings. The first-order valence-electron chi connectivity index (χ1n) is 8.31. The highest BCUT2D eigenvalue weighted by Crippen LogP contribution is 2.32. The third kappa shape index (κ3) is 3.07. The van der Waals surface area contributed by atoms with Gasteiger partial charge in [-0.1, -0.05) is 19.3 Å². The first-order chi connectivity index (χ1) is 10.2. The third-order valence-corrected chi connectivity index (χ3v) is 5.43. The number of piperazine rings is 1.